The largest absolute Gasteiger partial charge is 0.274 e. The number of hydrogen-bond acceptors (Lipinski definition) is 3. The Morgan fingerprint density at radius 1 is 1.29 bits per heavy atom. The van der Waals surface area contributed by atoms with Crippen molar-refractivity contribution in [1.82, 2.24) is 0 Å². The molecule has 0 saturated heterocycles. The monoisotopic (exact) mass is 214 g/mol. The highest BCUT2D eigenvalue weighted by atomic mass is 32.2. The third-order valence-corrected chi connectivity index (χ3v) is 3.69. The Kier molecular flexibility index (Phi) is 3.66. The third-order valence-electron chi connectivity index (χ3n) is 1.98. The minimum atomic E-state index is -3.46. The molecule has 0 aliphatic carbocycles. The molecule has 0 aliphatic heterocycles. The van der Waals surface area contributed by atoms with Crippen LogP contribution in [0, 0.1) is 0 Å². The average Bonchev–Trinajstić information content (AvgIpc) is 2.18. The smallest absolute Gasteiger partial charge is 0.270 e. The molecule has 0 N–H and O–H groups in total. The van der Waals surface area contributed by atoms with Gasteiger partial charge in [0.05, 0.1) is 6.61 Å². The van der Waals surface area contributed by atoms with Crippen LogP contribution >= 0.6 is 0 Å². The first-order chi connectivity index (χ1) is 6.58. The van der Waals surface area contributed by atoms with Crippen LogP contribution in [0.4, 0.5) is 0 Å². The van der Waals surface area contributed by atoms with Crippen molar-refractivity contribution in [3.63, 3.8) is 0 Å². The van der Waals surface area contributed by atoms with Crippen LogP contribution in [0.3, 0.4) is 0 Å². The predicted octanol–water partition coefficient (Wildman–Crippen LogP) is 2.11. The van der Waals surface area contributed by atoms with E-state index in [0.29, 0.717) is 0 Å². The molecule has 1 aromatic carbocycles. The summed E-state index contributed by atoms with van der Waals surface area (Å²) in [6, 6.07) is 9.03. The van der Waals surface area contributed by atoms with Gasteiger partial charge in [-0.25, -0.2) is 0 Å². The summed E-state index contributed by atoms with van der Waals surface area (Å²) in [5.41, 5.74) is 0.751. The van der Waals surface area contributed by atoms with Gasteiger partial charge in [0, 0.05) is 0 Å². The van der Waals surface area contributed by atoms with Gasteiger partial charge in [0.2, 0.25) is 0 Å². The Morgan fingerprint density at radius 3 is 2.36 bits per heavy atom. The van der Waals surface area contributed by atoms with E-state index < -0.39 is 15.4 Å². The van der Waals surface area contributed by atoms with E-state index in [1.165, 1.54) is 0 Å². The van der Waals surface area contributed by atoms with Crippen molar-refractivity contribution < 1.29 is 12.6 Å². The molecule has 1 unspecified atom stereocenters. The quantitative estimate of drug-likeness (QED) is 0.721. The molecular formula is C10H14O3S. The van der Waals surface area contributed by atoms with E-state index in [2.05, 4.69) is 0 Å². The molecule has 1 aromatic rings. The minimum Gasteiger partial charge on any atom is -0.270 e. The zero-order chi connectivity index (χ0) is 10.6. The maximum atomic E-state index is 11.5. The van der Waals surface area contributed by atoms with Gasteiger partial charge in [-0.15, -0.1) is 0 Å². The molecule has 0 amide bonds. The lowest BCUT2D eigenvalue weighted by Crippen LogP contribution is -2.13. The van der Waals surface area contributed by atoms with Crippen LogP contribution < -0.4 is 0 Å². The summed E-state index contributed by atoms with van der Waals surface area (Å²) in [4.78, 5) is 0. The summed E-state index contributed by atoms with van der Waals surface area (Å²) in [6.45, 7) is 3.47. The summed E-state index contributed by atoms with van der Waals surface area (Å²) < 4.78 is 27.7. The van der Waals surface area contributed by atoms with E-state index >= 15 is 0 Å². The molecule has 0 fully saturated rings. The fourth-order valence-corrected chi connectivity index (χ4v) is 2.18. The first-order valence-corrected chi connectivity index (χ1v) is 5.98. The molecule has 1 rings (SSSR count). The van der Waals surface area contributed by atoms with Gasteiger partial charge in [-0.05, 0) is 19.4 Å². The van der Waals surface area contributed by atoms with Gasteiger partial charge in [-0.2, -0.15) is 8.42 Å². The molecule has 14 heavy (non-hydrogen) atoms. The van der Waals surface area contributed by atoms with Gasteiger partial charge in [0.1, 0.15) is 5.25 Å². The summed E-state index contributed by atoms with van der Waals surface area (Å²) in [5, 5.41) is -0.608. The Hall–Kier alpha value is -0.870. The molecule has 0 radical (unpaired) electrons. The van der Waals surface area contributed by atoms with Crippen molar-refractivity contribution in [2.75, 3.05) is 6.61 Å². The van der Waals surface area contributed by atoms with Gasteiger partial charge in [-0.1, -0.05) is 30.3 Å². The van der Waals surface area contributed by atoms with Gasteiger partial charge >= 0.3 is 0 Å². The lowest BCUT2D eigenvalue weighted by atomic mass is 10.2. The summed E-state index contributed by atoms with van der Waals surface area (Å²) in [6.07, 6.45) is 0. The lowest BCUT2D eigenvalue weighted by molar-refractivity contribution is 0.332. The first kappa shape index (κ1) is 11.2. The second-order valence-corrected chi connectivity index (χ2v) is 4.88. The Morgan fingerprint density at radius 2 is 1.86 bits per heavy atom. The Labute approximate surface area is 84.8 Å². The summed E-state index contributed by atoms with van der Waals surface area (Å²) in [7, 11) is -3.46. The van der Waals surface area contributed by atoms with Crippen molar-refractivity contribution in [2.24, 2.45) is 0 Å². The van der Waals surface area contributed by atoms with E-state index in [1.807, 2.05) is 18.2 Å². The highest BCUT2D eigenvalue weighted by Gasteiger charge is 2.22. The van der Waals surface area contributed by atoms with Crippen LogP contribution in [0.25, 0.3) is 0 Å². The number of hydrogen-bond donors (Lipinski definition) is 0. The molecule has 78 valence electrons. The second kappa shape index (κ2) is 4.57. The van der Waals surface area contributed by atoms with E-state index in [0.717, 1.165) is 5.56 Å². The molecule has 4 heteroatoms. The van der Waals surface area contributed by atoms with Crippen molar-refractivity contribution >= 4 is 10.1 Å². The van der Waals surface area contributed by atoms with Crippen LogP contribution in [0.5, 0.6) is 0 Å². The second-order valence-electron chi connectivity index (χ2n) is 2.95. The number of benzene rings is 1. The van der Waals surface area contributed by atoms with E-state index in [-0.39, 0.29) is 6.61 Å². The van der Waals surface area contributed by atoms with Crippen LogP contribution in [-0.4, -0.2) is 15.0 Å². The average molecular weight is 214 g/mol. The van der Waals surface area contributed by atoms with Gasteiger partial charge < -0.3 is 0 Å². The first-order valence-electron chi connectivity index (χ1n) is 4.51. The van der Waals surface area contributed by atoms with E-state index in [4.69, 9.17) is 4.18 Å². The highest BCUT2D eigenvalue weighted by molar-refractivity contribution is 7.87. The van der Waals surface area contributed by atoms with Crippen molar-refractivity contribution in [3.05, 3.63) is 35.9 Å². The third kappa shape index (κ3) is 2.56. The number of rotatable bonds is 4. The van der Waals surface area contributed by atoms with Crippen LogP contribution in [-0.2, 0) is 14.3 Å². The fraction of sp³-hybridized carbons (Fsp3) is 0.400. The predicted molar refractivity (Wildman–Crippen MR) is 55.4 cm³/mol. The SMILES string of the molecule is CCOS(=O)(=O)C(C)c1ccccc1. The molecule has 0 spiro atoms. The molecule has 3 nitrogen and oxygen atoms in total. The maximum Gasteiger partial charge on any atom is 0.274 e. The standard InChI is InChI=1S/C10H14O3S/c1-3-13-14(11,12)9(2)10-7-5-4-6-8-10/h4-9H,3H2,1-2H3. The zero-order valence-corrected chi connectivity index (χ0v) is 9.12. The molecule has 0 bridgehead atoms. The normalized spacial score (nSPS) is 13.9. The molecule has 1 atom stereocenters. The van der Waals surface area contributed by atoms with Crippen molar-refractivity contribution in [2.45, 2.75) is 19.1 Å². The van der Waals surface area contributed by atoms with Gasteiger partial charge in [0.15, 0.2) is 0 Å². The van der Waals surface area contributed by atoms with E-state index in [9.17, 15) is 8.42 Å². The Balaban J connectivity index is 2.91. The van der Waals surface area contributed by atoms with Crippen LogP contribution in [0.2, 0.25) is 0 Å². The van der Waals surface area contributed by atoms with Crippen LogP contribution in [0.15, 0.2) is 30.3 Å². The van der Waals surface area contributed by atoms with Crippen molar-refractivity contribution in [3.8, 4) is 0 Å². The minimum absolute atomic E-state index is 0.180. The van der Waals surface area contributed by atoms with Crippen LogP contribution in [0.1, 0.15) is 24.7 Å². The molecule has 0 heterocycles. The summed E-state index contributed by atoms with van der Waals surface area (Å²) in [5.74, 6) is 0. The zero-order valence-electron chi connectivity index (χ0n) is 8.30. The van der Waals surface area contributed by atoms with Gasteiger partial charge in [0.25, 0.3) is 10.1 Å². The molecule has 0 saturated carbocycles. The molecule has 0 aromatic heterocycles. The Bertz CT molecular complexity index is 370. The molecule has 0 aliphatic rings. The molecular weight excluding hydrogens is 200 g/mol. The van der Waals surface area contributed by atoms with E-state index in [1.54, 1.807) is 26.0 Å². The maximum absolute atomic E-state index is 11.5. The van der Waals surface area contributed by atoms with Crippen molar-refractivity contribution in [1.29, 1.82) is 0 Å². The summed E-state index contributed by atoms with van der Waals surface area (Å²) >= 11 is 0. The lowest BCUT2D eigenvalue weighted by Gasteiger charge is -2.11. The van der Waals surface area contributed by atoms with Gasteiger partial charge in [-0.3, -0.25) is 4.18 Å². The topological polar surface area (TPSA) is 43.4 Å². The highest BCUT2D eigenvalue weighted by Crippen LogP contribution is 2.22. The fourth-order valence-electron chi connectivity index (χ4n) is 1.16.